The fourth-order valence-corrected chi connectivity index (χ4v) is 0.722. The minimum Gasteiger partial charge on any atom is -0.542 e. The third-order valence-electron chi connectivity index (χ3n) is 1.30. The van der Waals surface area contributed by atoms with Crippen LogP contribution in [0.5, 0.6) is 0 Å². The van der Waals surface area contributed by atoms with E-state index in [1.54, 1.807) is 0 Å². The number of hydrogen-bond donors (Lipinski definition) is 1. The van der Waals surface area contributed by atoms with Crippen LogP contribution in [0.2, 0.25) is 0 Å². The van der Waals surface area contributed by atoms with Crippen LogP contribution in [0.3, 0.4) is 0 Å². The molecule has 0 unspecified atom stereocenters. The lowest BCUT2D eigenvalue weighted by molar-refractivity contribution is -0.635. The highest BCUT2D eigenvalue weighted by Gasteiger charge is 2.28. The van der Waals surface area contributed by atoms with Gasteiger partial charge in [-0.25, -0.2) is 0 Å². The number of alkyl halides is 3. The quantitative estimate of drug-likeness (QED) is 0.507. The van der Waals surface area contributed by atoms with E-state index in [-0.39, 0.29) is 0 Å². The second-order valence-corrected chi connectivity index (χ2v) is 2.36. The van der Waals surface area contributed by atoms with E-state index < -0.39 is 12.1 Å². The van der Waals surface area contributed by atoms with Gasteiger partial charge in [-0.3, -0.25) is 0 Å². The predicted molar refractivity (Wildman–Crippen MR) is 32.0 cm³/mol. The third kappa shape index (κ3) is 5.96. The van der Waals surface area contributed by atoms with Gasteiger partial charge in [-0.15, -0.1) is 0 Å². The maximum Gasteiger partial charge on any atom is 0.430 e. The molecule has 2 N–H and O–H groups in total. The molecule has 0 atom stereocenters. The molecule has 1 saturated heterocycles. The Bertz CT molecular complexity index is 135. The first-order valence-electron chi connectivity index (χ1n) is 3.54. The van der Waals surface area contributed by atoms with Crippen LogP contribution < -0.4 is 10.4 Å². The minimum absolute atomic E-state index is 1.38. The number of nitrogens with two attached hydrogens (primary N) is 1. The Morgan fingerprint density at radius 1 is 1.25 bits per heavy atom. The van der Waals surface area contributed by atoms with Crippen molar-refractivity contribution in [2.75, 3.05) is 13.1 Å². The van der Waals surface area contributed by atoms with Gasteiger partial charge in [0, 0.05) is 12.8 Å². The van der Waals surface area contributed by atoms with Crippen LogP contribution in [0.1, 0.15) is 12.8 Å². The molecule has 3 nitrogen and oxygen atoms in total. The summed E-state index contributed by atoms with van der Waals surface area (Å²) in [7, 11) is 0. The van der Waals surface area contributed by atoms with Crippen molar-refractivity contribution in [3.63, 3.8) is 0 Å². The zero-order valence-electron chi connectivity index (χ0n) is 6.36. The summed E-state index contributed by atoms with van der Waals surface area (Å²) in [6, 6.07) is 0. The van der Waals surface area contributed by atoms with Crippen molar-refractivity contribution < 1.29 is 28.4 Å². The van der Waals surface area contributed by atoms with E-state index in [9.17, 15) is 13.2 Å². The first-order chi connectivity index (χ1) is 5.44. The van der Waals surface area contributed by atoms with Crippen LogP contribution in [0.15, 0.2) is 0 Å². The molecule has 1 aliphatic heterocycles. The molecule has 0 radical (unpaired) electrons. The molecule has 0 aromatic rings. The monoisotopic (exact) mass is 185 g/mol. The Hall–Kier alpha value is -0.780. The summed E-state index contributed by atoms with van der Waals surface area (Å²) in [5, 5.41) is 11.1. The first kappa shape index (κ1) is 11.2. The van der Waals surface area contributed by atoms with Crippen LogP contribution in [0.25, 0.3) is 0 Å². The minimum atomic E-state index is -5.19. The van der Waals surface area contributed by atoms with E-state index in [0.29, 0.717) is 0 Å². The molecule has 0 aliphatic carbocycles. The van der Waals surface area contributed by atoms with Gasteiger partial charge in [0.2, 0.25) is 0 Å². The molecule has 72 valence electrons. The summed E-state index contributed by atoms with van der Waals surface area (Å²) in [5.74, 6) is -3.01. The molecule has 0 saturated carbocycles. The van der Waals surface area contributed by atoms with E-state index >= 15 is 0 Å². The molecular formula is C6H10F3NO2. The van der Waals surface area contributed by atoms with Crippen molar-refractivity contribution >= 4 is 5.97 Å². The number of carbonyl (C=O) groups excluding carboxylic acids is 1. The normalized spacial score (nSPS) is 16.6. The van der Waals surface area contributed by atoms with Gasteiger partial charge in [-0.2, -0.15) is 13.2 Å². The average molecular weight is 185 g/mol. The molecule has 6 heteroatoms. The lowest BCUT2D eigenvalue weighted by Crippen LogP contribution is -2.80. The van der Waals surface area contributed by atoms with Crippen LogP contribution in [0, 0.1) is 0 Å². The van der Waals surface area contributed by atoms with E-state index in [2.05, 4.69) is 5.32 Å². The summed E-state index contributed by atoms with van der Waals surface area (Å²) in [6.45, 7) is 2.75. The highest BCUT2D eigenvalue weighted by molar-refractivity contribution is 5.70. The van der Waals surface area contributed by atoms with E-state index in [4.69, 9.17) is 9.90 Å². The van der Waals surface area contributed by atoms with Gasteiger partial charge in [-0.05, 0) is 0 Å². The fourth-order valence-electron chi connectivity index (χ4n) is 0.722. The number of rotatable bonds is 0. The van der Waals surface area contributed by atoms with Crippen molar-refractivity contribution in [3.8, 4) is 0 Å². The standard InChI is InChI=1S/C4H9N.C2HF3O2/c1-2-4-5-3-1;3-2(4,5)1(6)7/h5H,1-4H2;(H,6,7). The van der Waals surface area contributed by atoms with Gasteiger partial charge in [0.05, 0.1) is 13.1 Å². The number of carboxylic acid groups (broad SMARTS) is 1. The Kier molecular flexibility index (Phi) is 4.65. The van der Waals surface area contributed by atoms with Crippen molar-refractivity contribution in [2.45, 2.75) is 19.0 Å². The number of quaternary nitrogens is 1. The van der Waals surface area contributed by atoms with Gasteiger partial charge in [0.25, 0.3) is 0 Å². The van der Waals surface area contributed by atoms with Gasteiger partial charge in [0.15, 0.2) is 0 Å². The number of carboxylic acids is 1. The zero-order chi connectivity index (χ0) is 9.61. The second-order valence-electron chi connectivity index (χ2n) is 2.36. The third-order valence-corrected chi connectivity index (χ3v) is 1.30. The van der Waals surface area contributed by atoms with Crippen molar-refractivity contribution in [2.24, 2.45) is 0 Å². The van der Waals surface area contributed by atoms with Crippen molar-refractivity contribution in [1.82, 2.24) is 0 Å². The Morgan fingerprint density at radius 2 is 1.58 bits per heavy atom. The zero-order valence-corrected chi connectivity index (χ0v) is 6.36. The number of hydrogen-bond acceptors (Lipinski definition) is 2. The number of aliphatic carboxylic acids is 1. The molecule has 0 aromatic heterocycles. The molecule has 0 bridgehead atoms. The highest BCUT2D eigenvalue weighted by atomic mass is 19.4. The Balaban J connectivity index is 0.000000211. The Labute approximate surface area is 67.6 Å². The predicted octanol–water partition coefficient (Wildman–Crippen LogP) is -1.36. The van der Waals surface area contributed by atoms with Gasteiger partial charge in [0.1, 0.15) is 5.97 Å². The van der Waals surface area contributed by atoms with Crippen molar-refractivity contribution in [3.05, 3.63) is 0 Å². The highest BCUT2D eigenvalue weighted by Crippen LogP contribution is 2.11. The largest absolute Gasteiger partial charge is 0.542 e. The van der Waals surface area contributed by atoms with E-state index in [0.717, 1.165) is 0 Å². The first-order valence-corrected chi connectivity index (χ1v) is 3.54. The smallest absolute Gasteiger partial charge is 0.430 e. The summed E-state index contributed by atoms with van der Waals surface area (Å²) in [6.07, 6.45) is -2.31. The molecular weight excluding hydrogens is 175 g/mol. The second kappa shape index (κ2) is 4.97. The molecule has 0 spiro atoms. The molecule has 1 fully saturated rings. The maximum atomic E-state index is 10.5. The SMILES string of the molecule is C1CC[NH2+]C1.O=C([O-])C(F)(F)F. The molecule has 0 aromatic carbocycles. The van der Waals surface area contributed by atoms with Crippen LogP contribution in [-0.4, -0.2) is 25.2 Å². The molecule has 12 heavy (non-hydrogen) atoms. The van der Waals surface area contributed by atoms with E-state index in [1.165, 1.54) is 25.9 Å². The summed E-state index contributed by atoms with van der Waals surface area (Å²) < 4.78 is 31.5. The van der Waals surface area contributed by atoms with Gasteiger partial charge in [-0.1, -0.05) is 0 Å². The lowest BCUT2D eigenvalue weighted by Gasteiger charge is -2.03. The van der Waals surface area contributed by atoms with Gasteiger partial charge < -0.3 is 15.2 Å². The van der Waals surface area contributed by atoms with Crippen LogP contribution in [0.4, 0.5) is 13.2 Å². The van der Waals surface area contributed by atoms with Gasteiger partial charge >= 0.3 is 6.18 Å². The number of carbonyl (C=O) groups is 1. The molecule has 1 heterocycles. The van der Waals surface area contributed by atoms with E-state index in [1.807, 2.05) is 0 Å². The molecule has 1 aliphatic rings. The van der Waals surface area contributed by atoms with Crippen LogP contribution in [-0.2, 0) is 4.79 Å². The average Bonchev–Trinajstić information content (AvgIpc) is 2.39. The van der Waals surface area contributed by atoms with Crippen LogP contribution >= 0.6 is 0 Å². The maximum absolute atomic E-state index is 10.5. The molecule has 1 rings (SSSR count). The summed E-state index contributed by atoms with van der Waals surface area (Å²) in [4.78, 5) is 8.78. The molecule has 0 amide bonds. The topological polar surface area (TPSA) is 56.7 Å². The summed E-state index contributed by atoms with van der Waals surface area (Å²) >= 11 is 0. The lowest BCUT2D eigenvalue weighted by atomic mass is 10.4. The Morgan fingerprint density at radius 3 is 1.67 bits per heavy atom. The van der Waals surface area contributed by atoms with Crippen molar-refractivity contribution in [1.29, 1.82) is 0 Å². The fraction of sp³-hybridized carbons (Fsp3) is 0.833. The number of halogens is 3. The summed E-state index contributed by atoms with van der Waals surface area (Å²) in [5.41, 5.74) is 0.